The van der Waals surface area contributed by atoms with Crippen molar-refractivity contribution in [1.29, 1.82) is 15.8 Å². The van der Waals surface area contributed by atoms with Crippen LogP contribution in [0.25, 0.3) is 10.9 Å². The van der Waals surface area contributed by atoms with Gasteiger partial charge in [0, 0.05) is 17.1 Å². The Bertz CT molecular complexity index is 961. The van der Waals surface area contributed by atoms with Crippen molar-refractivity contribution in [1.82, 2.24) is 4.98 Å². The monoisotopic (exact) mass is 289 g/mol. The van der Waals surface area contributed by atoms with Crippen molar-refractivity contribution in [3.63, 3.8) is 0 Å². The average Bonchev–Trinajstić information content (AvgIpc) is 2.48. The molecule has 2 aromatic rings. The molecule has 2 rings (SSSR count). The molecule has 1 heterocycles. The number of anilines is 1. The number of aromatic nitrogens is 1. The molecule has 6 nitrogen and oxygen atoms in total. The third-order valence-electron chi connectivity index (χ3n) is 3.24. The highest BCUT2D eigenvalue weighted by Crippen LogP contribution is 2.25. The van der Waals surface area contributed by atoms with E-state index in [2.05, 4.69) is 10.3 Å². The van der Waals surface area contributed by atoms with Crippen LogP contribution < -0.4 is 10.9 Å². The van der Waals surface area contributed by atoms with Crippen molar-refractivity contribution < 1.29 is 0 Å². The molecule has 0 aliphatic rings. The molecule has 2 N–H and O–H groups in total. The molecule has 0 unspecified atom stereocenters. The van der Waals surface area contributed by atoms with Crippen LogP contribution in [0.15, 0.2) is 34.3 Å². The van der Waals surface area contributed by atoms with E-state index in [0.717, 1.165) is 16.5 Å². The van der Waals surface area contributed by atoms with E-state index < -0.39 is 0 Å². The summed E-state index contributed by atoms with van der Waals surface area (Å²) in [5, 5.41) is 30.5. The van der Waals surface area contributed by atoms with E-state index in [0.29, 0.717) is 11.2 Å². The van der Waals surface area contributed by atoms with Gasteiger partial charge in [-0.05, 0) is 37.1 Å². The Morgan fingerprint density at radius 1 is 1.05 bits per heavy atom. The smallest absolute Gasteiger partial charge is 0.248 e. The van der Waals surface area contributed by atoms with Crippen LogP contribution in [0.3, 0.4) is 0 Å². The maximum absolute atomic E-state index is 11.6. The summed E-state index contributed by atoms with van der Waals surface area (Å²) in [5.41, 5.74) is 2.21. The fraction of sp³-hybridized carbons (Fsp3) is 0.125. The summed E-state index contributed by atoms with van der Waals surface area (Å²) in [6.45, 7) is 3.67. The Morgan fingerprint density at radius 2 is 1.73 bits per heavy atom. The van der Waals surface area contributed by atoms with Crippen LogP contribution in [-0.4, -0.2) is 4.98 Å². The number of benzene rings is 1. The number of H-pyrrole nitrogens is 1. The van der Waals surface area contributed by atoms with Gasteiger partial charge >= 0.3 is 0 Å². The number of hydrogen-bond donors (Lipinski definition) is 2. The molecule has 1 aromatic carbocycles. The summed E-state index contributed by atoms with van der Waals surface area (Å²) in [4.78, 5) is 14.3. The molecule has 0 fully saturated rings. The van der Waals surface area contributed by atoms with Crippen LogP contribution in [0.4, 0.5) is 5.69 Å². The minimum absolute atomic E-state index is 0.123. The minimum Gasteiger partial charge on any atom is -0.345 e. The quantitative estimate of drug-likeness (QED) is 0.823. The number of aryl methyl sites for hydroxylation is 2. The maximum Gasteiger partial charge on any atom is 0.248 e. The predicted molar refractivity (Wildman–Crippen MR) is 81.5 cm³/mol. The molecule has 0 bridgehead atoms. The standard InChI is InChI=1S/C16H11N5O/c1-9-4-16(22)21-14-5-13(10(2)3-12(9)14)20-15(8-19)11(6-17)7-18/h3-5,20H,1-2H3,(H,21,22). The average molecular weight is 289 g/mol. The van der Waals surface area contributed by atoms with E-state index >= 15 is 0 Å². The summed E-state index contributed by atoms with van der Waals surface area (Å²) >= 11 is 0. The van der Waals surface area contributed by atoms with Gasteiger partial charge in [0.05, 0.1) is 5.52 Å². The summed E-state index contributed by atoms with van der Waals surface area (Å²) in [6.07, 6.45) is 0. The Labute approximate surface area is 126 Å². The lowest BCUT2D eigenvalue weighted by molar-refractivity contribution is 1.27. The number of rotatable bonds is 2. The van der Waals surface area contributed by atoms with Crippen molar-refractivity contribution in [2.75, 3.05) is 5.32 Å². The zero-order valence-corrected chi connectivity index (χ0v) is 12.0. The number of fused-ring (bicyclic) bond motifs is 1. The van der Waals surface area contributed by atoms with Gasteiger partial charge in [-0.25, -0.2) is 0 Å². The largest absolute Gasteiger partial charge is 0.345 e. The zero-order chi connectivity index (χ0) is 16.3. The zero-order valence-electron chi connectivity index (χ0n) is 12.0. The van der Waals surface area contributed by atoms with E-state index in [1.165, 1.54) is 6.07 Å². The van der Waals surface area contributed by atoms with Gasteiger partial charge < -0.3 is 10.3 Å². The molecule has 106 valence electrons. The molecule has 0 spiro atoms. The minimum atomic E-state index is -0.292. The van der Waals surface area contributed by atoms with Crippen LogP contribution in [0, 0.1) is 47.8 Å². The van der Waals surface area contributed by atoms with Crippen LogP contribution >= 0.6 is 0 Å². The van der Waals surface area contributed by atoms with Gasteiger partial charge in [-0.2, -0.15) is 15.8 Å². The summed E-state index contributed by atoms with van der Waals surface area (Å²) in [7, 11) is 0. The molecule has 0 radical (unpaired) electrons. The van der Waals surface area contributed by atoms with Crippen LogP contribution in [-0.2, 0) is 0 Å². The lowest BCUT2D eigenvalue weighted by Gasteiger charge is -2.11. The van der Waals surface area contributed by atoms with Crippen molar-refractivity contribution >= 4 is 16.6 Å². The third-order valence-corrected chi connectivity index (χ3v) is 3.24. The number of nitrogens with one attached hydrogen (secondary N) is 2. The maximum atomic E-state index is 11.6. The van der Waals surface area contributed by atoms with Crippen molar-refractivity contribution in [3.8, 4) is 18.2 Å². The molecule has 0 amide bonds. The highest BCUT2D eigenvalue weighted by atomic mass is 16.1. The fourth-order valence-electron chi connectivity index (χ4n) is 2.13. The summed E-state index contributed by atoms with van der Waals surface area (Å²) in [6, 6.07) is 10.2. The van der Waals surface area contributed by atoms with E-state index in [-0.39, 0.29) is 16.8 Å². The summed E-state index contributed by atoms with van der Waals surface area (Å²) < 4.78 is 0. The van der Waals surface area contributed by atoms with Gasteiger partial charge in [0.1, 0.15) is 23.9 Å². The topological polar surface area (TPSA) is 116 Å². The first-order valence-electron chi connectivity index (χ1n) is 6.36. The van der Waals surface area contributed by atoms with E-state index in [1.54, 1.807) is 24.3 Å². The third kappa shape index (κ3) is 2.65. The van der Waals surface area contributed by atoms with Crippen LogP contribution in [0.5, 0.6) is 0 Å². The fourth-order valence-corrected chi connectivity index (χ4v) is 2.13. The molecule has 0 aliphatic carbocycles. The lowest BCUT2D eigenvalue weighted by atomic mass is 10.1. The molecular formula is C16H11N5O. The highest BCUT2D eigenvalue weighted by Gasteiger charge is 2.10. The van der Waals surface area contributed by atoms with Gasteiger partial charge in [0.15, 0.2) is 5.57 Å². The Balaban J connectivity index is 2.64. The van der Waals surface area contributed by atoms with Crippen LogP contribution in [0.2, 0.25) is 0 Å². The summed E-state index contributed by atoms with van der Waals surface area (Å²) in [5.74, 6) is 0. The second kappa shape index (κ2) is 5.83. The SMILES string of the molecule is Cc1cc2c(C)cc(=O)[nH]c2cc1NC(C#N)=C(C#N)C#N. The van der Waals surface area contributed by atoms with Crippen molar-refractivity contribution in [3.05, 3.63) is 50.9 Å². The van der Waals surface area contributed by atoms with Crippen molar-refractivity contribution in [2.24, 2.45) is 0 Å². The Morgan fingerprint density at radius 3 is 2.32 bits per heavy atom. The van der Waals surface area contributed by atoms with Gasteiger partial charge in [-0.1, -0.05) is 0 Å². The molecule has 6 heteroatoms. The van der Waals surface area contributed by atoms with Gasteiger partial charge in [0.25, 0.3) is 0 Å². The van der Waals surface area contributed by atoms with Gasteiger partial charge in [0.2, 0.25) is 5.56 Å². The van der Waals surface area contributed by atoms with E-state index in [1.807, 2.05) is 19.9 Å². The Kier molecular flexibility index (Phi) is 3.93. The highest BCUT2D eigenvalue weighted by molar-refractivity contribution is 5.87. The normalized spacial score (nSPS) is 9.41. The molecule has 0 saturated heterocycles. The molecule has 1 aromatic heterocycles. The Hall–Kier alpha value is -3.56. The predicted octanol–water partition coefficient (Wildman–Crippen LogP) is 2.38. The van der Waals surface area contributed by atoms with Gasteiger partial charge in [-0.3, -0.25) is 4.79 Å². The second-order valence-electron chi connectivity index (χ2n) is 4.74. The molecule has 0 saturated carbocycles. The molecule has 0 aliphatic heterocycles. The first kappa shape index (κ1) is 14.8. The van der Waals surface area contributed by atoms with E-state index in [4.69, 9.17) is 15.8 Å². The number of aromatic amines is 1. The van der Waals surface area contributed by atoms with Crippen molar-refractivity contribution in [2.45, 2.75) is 13.8 Å². The van der Waals surface area contributed by atoms with E-state index in [9.17, 15) is 4.79 Å². The number of allylic oxidation sites excluding steroid dienone is 2. The first-order valence-corrected chi connectivity index (χ1v) is 6.36. The first-order chi connectivity index (χ1) is 10.5. The number of nitrogens with zero attached hydrogens (tertiary/aromatic N) is 3. The number of nitriles is 3. The molecule has 0 atom stereocenters. The molecular weight excluding hydrogens is 278 g/mol. The van der Waals surface area contributed by atoms with Crippen LogP contribution in [0.1, 0.15) is 11.1 Å². The lowest BCUT2D eigenvalue weighted by Crippen LogP contribution is -2.07. The number of pyridine rings is 1. The van der Waals surface area contributed by atoms with Gasteiger partial charge in [-0.15, -0.1) is 0 Å². The molecule has 22 heavy (non-hydrogen) atoms. The number of hydrogen-bond acceptors (Lipinski definition) is 5. The second-order valence-corrected chi connectivity index (χ2v) is 4.74.